The first kappa shape index (κ1) is 11.7. The summed E-state index contributed by atoms with van der Waals surface area (Å²) < 4.78 is 0. The molecule has 90 valence electrons. The molecular formula is C13H16N2O2. The number of fused-ring (bicyclic) bond motifs is 1. The minimum Gasteiger partial charge on any atom is -0.350 e. The molecule has 0 aliphatic heterocycles. The number of aromatic nitrogens is 1. The predicted molar refractivity (Wildman–Crippen MR) is 66.6 cm³/mol. The van der Waals surface area contributed by atoms with Gasteiger partial charge in [-0.25, -0.2) is 5.48 Å². The molecule has 1 aromatic heterocycles. The van der Waals surface area contributed by atoms with Crippen LogP contribution in [0.1, 0.15) is 31.3 Å². The molecule has 2 rings (SSSR count). The van der Waals surface area contributed by atoms with Gasteiger partial charge in [-0.1, -0.05) is 18.2 Å². The normalized spacial score (nSPS) is 11.7. The molecule has 2 aromatic rings. The van der Waals surface area contributed by atoms with E-state index in [0.29, 0.717) is 5.69 Å². The van der Waals surface area contributed by atoms with Crippen molar-refractivity contribution in [2.45, 2.75) is 26.4 Å². The van der Waals surface area contributed by atoms with Crippen LogP contribution in [0.3, 0.4) is 0 Å². The Balaban J connectivity index is 2.14. The fraction of sp³-hybridized carbons (Fsp3) is 0.308. The maximum atomic E-state index is 11.8. The Bertz CT molecular complexity index is 505. The van der Waals surface area contributed by atoms with Crippen LogP contribution < -0.4 is 5.48 Å². The summed E-state index contributed by atoms with van der Waals surface area (Å²) in [6, 6.07) is 9.54. The van der Waals surface area contributed by atoms with Gasteiger partial charge in [-0.15, -0.1) is 0 Å². The Kier molecular flexibility index (Phi) is 2.90. The summed E-state index contributed by atoms with van der Waals surface area (Å²) in [5, 5.41) is 1.01. The summed E-state index contributed by atoms with van der Waals surface area (Å²) in [5.41, 5.74) is 3.46. The van der Waals surface area contributed by atoms with Crippen molar-refractivity contribution in [1.29, 1.82) is 0 Å². The topological polar surface area (TPSA) is 54.1 Å². The fourth-order valence-corrected chi connectivity index (χ4v) is 1.45. The van der Waals surface area contributed by atoms with E-state index in [9.17, 15) is 4.79 Å². The van der Waals surface area contributed by atoms with Crippen LogP contribution in [0.2, 0.25) is 0 Å². The number of aromatic amines is 1. The molecule has 2 N–H and O–H groups in total. The summed E-state index contributed by atoms with van der Waals surface area (Å²) >= 11 is 0. The Morgan fingerprint density at radius 1 is 1.29 bits per heavy atom. The average Bonchev–Trinajstić information content (AvgIpc) is 2.68. The highest BCUT2D eigenvalue weighted by Crippen LogP contribution is 2.14. The lowest BCUT2D eigenvalue weighted by molar-refractivity contribution is -0.0591. The van der Waals surface area contributed by atoms with Crippen LogP contribution in [-0.2, 0) is 4.84 Å². The second-order valence-corrected chi connectivity index (χ2v) is 4.92. The molecule has 0 bridgehead atoms. The molecule has 4 nitrogen and oxygen atoms in total. The van der Waals surface area contributed by atoms with Crippen molar-refractivity contribution < 1.29 is 9.63 Å². The van der Waals surface area contributed by atoms with Crippen molar-refractivity contribution in [3.05, 3.63) is 36.0 Å². The van der Waals surface area contributed by atoms with E-state index >= 15 is 0 Å². The van der Waals surface area contributed by atoms with Gasteiger partial charge in [-0.2, -0.15) is 0 Å². The number of para-hydroxylation sites is 1. The van der Waals surface area contributed by atoms with E-state index in [-0.39, 0.29) is 5.91 Å². The van der Waals surface area contributed by atoms with Gasteiger partial charge in [-0.3, -0.25) is 9.63 Å². The second kappa shape index (κ2) is 4.22. The van der Waals surface area contributed by atoms with Crippen molar-refractivity contribution >= 4 is 16.8 Å². The van der Waals surface area contributed by atoms with E-state index in [4.69, 9.17) is 4.84 Å². The van der Waals surface area contributed by atoms with E-state index in [1.54, 1.807) is 6.07 Å². The van der Waals surface area contributed by atoms with Gasteiger partial charge in [-0.05, 0) is 32.9 Å². The number of carbonyl (C=O) groups is 1. The Morgan fingerprint density at radius 3 is 2.65 bits per heavy atom. The van der Waals surface area contributed by atoms with E-state index < -0.39 is 5.60 Å². The van der Waals surface area contributed by atoms with Crippen LogP contribution >= 0.6 is 0 Å². The summed E-state index contributed by atoms with van der Waals surface area (Å²) in [5.74, 6) is -0.267. The van der Waals surface area contributed by atoms with Crippen LogP contribution in [0.15, 0.2) is 30.3 Å². The number of H-pyrrole nitrogens is 1. The van der Waals surface area contributed by atoms with Gasteiger partial charge < -0.3 is 4.98 Å². The number of nitrogens with one attached hydrogen (secondary N) is 2. The van der Waals surface area contributed by atoms with Crippen LogP contribution in [0.4, 0.5) is 0 Å². The second-order valence-electron chi connectivity index (χ2n) is 4.92. The van der Waals surface area contributed by atoms with Gasteiger partial charge in [0.25, 0.3) is 5.91 Å². The third-order valence-corrected chi connectivity index (χ3v) is 2.22. The van der Waals surface area contributed by atoms with E-state index in [0.717, 1.165) is 10.9 Å². The lowest BCUT2D eigenvalue weighted by atomic mass is 10.2. The van der Waals surface area contributed by atoms with Crippen LogP contribution in [-0.4, -0.2) is 16.5 Å². The SMILES string of the molecule is CC(C)(C)ONC(=O)c1cc2ccccc2[nH]1. The molecule has 1 amide bonds. The molecule has 0 aliphatic carbocycles. The molecule has 4 heteroatoms. The summed E-state index contributed by atoms with van der Waals surface area (Å²) in [7, 11) is 0. The molecule has 17 heavy (non-hydrogen) atoms. The maximum absolute atomic E-state index is 11.8. The number of rotatable bonds is 2. The van der Waals surface area contributed by atoms with Crippen molar-refractivity contribution in [2.75, 3.05) is 0 Å². The smallest absolute Gasteiger partial charge is 0.291 e. The third kappa shape index (κ3) is 2.85. The fourth-order valence-electron chi connectivity index (χ4n) is 1.45. The lowest BCUT2D eigenvalue weighted by Gasteiger charge is -2.18. The molecule has 0 spiro atoms. The first-order chi connectivity index (χ1) is 7.96. The number of hydrogen-bond donors (Lipinski definition) is 2. The Morgan fingerprint density at radius 2 is 2.00 bits per heavy atom. The molecule has 1 aromatic carbocycles. The zero-order valence-electron chi connectivity index (χ0n) is 10.2. The lowest BCUT2D eigenvalue weighted by Crippen LogP contribution is -2.33. The molecular weight excluding hydrogens is 216 g/mol. The largest absolute Gasteiger partial charge is 0.350 e. The monoisotopic (exact) mass is 232 g/mol. The molecule has 0 aliphatic rings. The van der Waals surface area contributed by atoms with Crippen LogP contribution in [0.25, 0.3) is 10.9 Å². The summed E-state index contributed by atoms with van der Waals surface area (Å²) in [6.07, 6.45) is 0. The van der Waals surface area contributed by atoms with Crippen molar-refractivity contribution in [3.8, 4) is 0 Å². The zero-order valence-corrected chi connectivity index (χ0v) is 10.2. The number of amides is 1. The zero-order chi connectivity index (χ0) is 12.5. The molecule has 0 saturated heterocycles. The molecule has 0 saturated carbocycles. The number of carbonyl (C=O) groups excluding carboxylic acids is 1. The first-order valence-electron chi connectivity index (χ1n) is 5.52. The highest BCUT2D eigenvalue weighted by molar-refractivity contribution is 5.97. The molecule has 0 unspecified atom stereocenters. The minimum atomic E-state index is -0.401. The third-order valence-electron chi connectivity index (χ3n) is 2.22. The van der Waals surface area contributed by atoms with Crippen LogP contribution in [0, 0.1) is 0 Å². The Labute approximate surface area is 99.9 Å². The number of benzene rings is 1. The Hall–Kier alpha value is -1.81. The first-order valence-corrected chi connectivity index (χ1v) is 5.52. The van der Waals surface area contributed by atoms with Gasteiger partial charge in [0.1, 0.15) is 5.69 Å². The quantitative estimate of drug-likeness (QED) is 0.782. The maximum Gasteiger partial charge on any atom is 0.291 e. The van der Waals surface area contributed by atoms with Gasteiger partial charge in [0.2, 0.25) is 0 Å². The predicted octanol–water partition coefficient (Wildman–Crippen LogP) is 2.63. The molecule has 0 radical (unpaired) electrons. The van der Waals surface area contributed by atoms with Gasteiger partial charge in [0.15, 0.2) is 0 Å². The van der Waals surface area contributed by atoms with E-state index in [2.05, 4.69) is 10.5 Å². The summed E-state index contributed by atoms with van der Waals surface area (Å²) in [6.45, 7) is 5.62. The van der Waals surface area contributed by atoms with E-state index in [1.807, 2.05) is 45.0 Å². The van der Waals surface area contributed by atoms with Crippen molar-refractivity contribution in [2.24, 2.45) is 0 Å². The standard InChI is InChI=1S/C13H16N2O2/c1-13(2,3)17-15-12(16)11-8-9-6-4-5-7-10(9)14-11/h4-8,14H,1-3H3,(H,15,16). The summed E-state index contributed by atoms with van der Waals surface area (Å²) in [4.78, 5) is 20.1. The molecule has 1 heterocycles. The number of hydrogen-bond acceptors (Lipinski definition) is 2. The molecule has 0 atom stereocenters. The highest BCUT2D eigenvalue weighted by atomic mass is 16.7. The van der Waals surface area contributed by atoms with Gasteiger partial charge in [0, 0.05) is 10.9 Å². The van der Waals surface area contributed by atoms with Gasteiger partial charge in [0.05, 0.1) is 5.60 Å². The molecule has 0 fully saturated rings. The van der Waals surface area contributed by atoms with Gasteiger partial charge >= 0.3 is 0 Å². The number of hydroxylamine groups is 1. The van der Waals surface area contributed by atoms with Crippen LogP contribution in [0.5, 0.6) is 0 Å². The highest BCUT2D eigenvalue weighted by Gasteiger charge is 2.15. The van der Waals surface area contributed by atoms with Crippen molar-refractivity contribution in [1.82, 2.24) is 10.5 Å². The van der Waals surface area contributed by atoms with Crippen molar-refractivity contribution in [3.63, 3.8) is 0 Å². The van der Waals surface area contributed by atoms with E-state index in [1.165, 1.54) is 0 Å². The minimum absolute atomic E-state index is 0.267. The average molecular weight is 232 g/mol.